The monoisotopic (exact) mass is 390 g/mol. The first-order chi connectivity index (χ1) is 13.2. The Labute approximate surface area is 160 Å². The third-order valence-electron chi connectivity index (χ3n) is 4.54. The number of benzene rings is 2. The molecular formula is C20H21F3N4O. The van der Waals surface area contributed by atoms with Gasteiger partial charge in [-0.15, -0.1) is 0 Å². The number of rotatable bonds is 5. The first-order valence-corrected chi connectivity index (χ1v) is 8.72. The number of nitrogens with zero attached hydrogens (tertiary/aromatic N) is 4. The molecule has 0 fully saturated rings. The van der Waals surface area contributed by atoms with Crippen molar-refractivity contribution in [3.8, 4) is 5.69 Å². The maximum Gasteiger partial charge on any atom is 0.416 e. The lowest BCUT2D eigenvalue weighted by Crippen LogP contribution is -2.28. The van der Waals surface area contributed by atoms with Gasteiger partial charge in [-0.2, -0.15) is 13.2 Å². The minimum Gasteiger partial charge on any atom is -0.373 e. The predicted octanol–water partition coefficient (Wildman–Crippen LogP) is 3.40. The highest BCUT2D eigenvalue weighted by atomic mass is 19.4. The Hall–Kier alpha value is -2.87. The number of halogens is 3. The molecule has 0 unspecified atom stereocenters. The number of aromatic nitrogens is 2. The van der Waals surface area contributed by atoms with Gasteiger partial charge in [0.05, 0.1) is 22.2 Å². The van der Waals surface area contributed by atoms with Crippen molar-refractivity contribution >= 4 is 16.6 Å². The van der Waals surface area contributed by atoms with Gasteiger partial charge in [0.1, 0.15) is 6.33 Å². The van der Waals surface area contributed by atoms with Gasteiger partial charge < -0.3 is 9.80 Å². The predicted molar refractivity (Wildman–Crippen MR) is 104 cm³/mol. The molecule has 28 heavy (non-hydrogen) atoms. The van der Waals surface area contributed by atoms with E-state index in [0.29, 0.717) is 16.6 Å². The van der Waals surface area contributed by atoms with Crippen molar-refractivity contribution in [1.82, 2.24) is 14.5 Å². The highest BCUT2D eigenvalue weighted by Gasteiger charge is 2.30. The Morgan fingerprint density at radius 3 is 2.29 bits per heavy atom. The lowest BCUT2D eigenvalue weighted by Gasteiger charge is -2.21. The topological polar surface area (TPSA) is 41.4 Å². The molecule has 0 saturated carbocycles. The minimum absolute atomic E-state index is 0.326. The van der Waals surface area contributed by atoms with Gasteiger partial charge in [0, 0.05) is 25.8 Å². The van der Waals surface area contributed by atoms with Gasteiger partial charge in [-0.3, -0.25) is 9.36 Å². The number of hydrogen-bond donors (Lipinski definition) is 0. The smallest absolute Gasteiger partial charge is 0.373 e. The van der Waals surface area contributed by atoms with Crippen molar-refractivity contribution < 1.29 is 13.2 Å². The summed E-state index contributed by atoms with van der Waals surface area (Å²) in [6.45, 7) is 1.64. The zero-order valence-electron chi connectivity index (χ0n) is 15.9. The van der Waals surface area contributed by atoms with Crippen LogP contribution in [0.2, 0.25) is 0 Å². The van der Waals surface area contributed by atoms with Gasteiger partial charge in [0.2, 0.25) is 0 Å². The maximum atomic E-state index is 12.9. The van der Waals surface area contributed by atoms with Gasteiger partial charge in [0.15, 0.2) is 0 Å². The van der Waals surface area contributed by atoms with Crippen LogP contribution in [-0.4, -0.2) is 48.7 Å². The van der Waals surface area contributed by atoms with E-state index in [1.165, 1.54) is 23.0 Å². The third-order valence-corrected chi connectivity index (χ3v) is 4.54. The molecule has 8 heteroatoms. The fraction of sp³-hybridized carbons (Fsp3) is 0.300. The van der Waals surface area contributed by atoms with E-state index >= 15 is 0 Å². The second-order valence-electron chi connectivity index (χ2n) is 6.89. The van der Waals surface area contributed by atoms with Crippen LogP contribution < -0.4 is 10.5 Å². The van der Waals surface area contributed by atoms with Crippen molar-refractivity contribution in [2.75, 3.05) is 39.1 Å². The van der Waals surface area contributed by atoms with Crippen LogP contribution in [0.3, 0.4) is 0 Å². The molecule has 1 aromatic heterocycles. The third kappa shape index (κ3) is 4.17. The van der Waals surface area contributed by atoms with E-state index in [0.717, 1.165) is 30.9 Å². The van der Waals surface area contributed by atoms with Crippen LogP contribution in [-0.2, 0) is 6.18 Å². The van der Waals surface area contributed by atoms with Crippen LogP contribution in [0.1, 0.15) is 5.56 Å². The molecule has 3 rings (SSSR count). The van der Waals surface area contributed by atoms with Gasteiger partial charge in [0.25, 0.3) is 5.56 Å². The second kappa shape index (κ2) is 7.63. The highest BCUT2D eigenvalue weighted by molar-refractivity contribution is 5.81. The summed E-state index contributed by atoms with van der Waals surface area (Å²) in [5.41, 5.74) is 0.658. The van der Waals surface area contributed by atoms with Crippen molar-refractivity contribution in [1.29, 1.82) is 0 Å². The molecule has 0 atom stereocenters. The summed E-state index contributed by atoms with van der Waals surface area (Å²) in [6.07, 6.45) is -3.08. The number of hydrogen-bond acceptors (Lipinski definition) is 4. The lowest BCUT2D eigenvalue weighted by atomic mass is 10.2. The number of fused-ring (bicyclic) bond motifs is 1. The van der Waals surface area contributed by atoms with Crippen LogP contribution in [0.15, 0.2) is 53.6 Å². The minimum atomic E-state index is -4.42. The second-order valence-corrected chi connectivity index (χ2v) is 6.89. The summed E-state index contributed by atoms with van der Waals surface area (Å²) in [5.74, 6) is 0. The van der Waals surface area contributed by atoms with E-state index in [2.05, 4.69) is 9.88 Å². The van der Waals surface area contributed by atoms with Gasteiger partial charge in [-0.1, -0.05) is 0 Å². The average molecular weight is 390 g/mol. The number of alkyl halides is 3. The quantitative estimate of drug-likeness (QED) is 0.670. The molecule has 3 aromatic rings. The van der Waals surface area contributed by atoms with Crippen LogP contribution in [0.4, 0.5) is 18.9 Å². The molecule has 0 radical (unpaired) electrons. The van der Waals surface area contributed by atoms with E-state index < -0.39 is 11.7 Å². The molecule has 0 amide bonds. The fourth-order valence-electron chi connectivity index (χ4n) is 2.82. The first kappa shape index (κ1) is 19.9. The summed E-state index contributed by atoms with van der Waals surface area (Å²) >= 11 is 0. The van der Waals surface area contributed by atoms with E-state index in [4.69, 9.17) is 0 Å². The van der Waals surface area contributed by atoms with E-state index in [1.807, 2.05) is 32.1 Å². The van der Waals surface area contributed by atoms with Crippen LogP contribution >= 0.6 is 0 Å². The highest BCUT2D eigenvalue weighted by Crippen LogP contribution is 2.29. The SMILES string of the molecule is CN(C)CCN(C)c1ccc2ncn(-c3ccc(C(F)(F)F)cc3)c(=O)c2c1. The zero-order valence-corrected chi connectivity index (χ0v) is 15.9. The molecule has 0 spiro atoms. The van der Waals surface area contributed by atoms with Crippen LogP contribution in [0.25, 0.3) is 16.6 Å². The van der Waals surface area contributed by atoms with Crippen molar-refractivity contribution in [2.24, 2.45) is 0 Å². The normalized spacial score (nSPS) is 12.0. The standard InChI is InChI=1S/C20H21F3N4O/c1-25(2)10-11-26(3)16-8-9-18-17(12-16)19(28)27(13-24-18)15-6-4-14(5-7-15)20(21,22)23/h4-9,12-13H,10-11H2,1-3H3. The lowest BCUT2D eigenvalue weighted by molar-refractivity contribution is -0.137. The molecule has 1 heterocycles. The molecule has 0 aliphatic carbocycles. The van der Waals surface area contributed by atoms with Gasteiger partial charge >= 0.3 is 6.18 Å². The molecule has 0 saturated heterocycles. The van der Waals surface area contributed by atoms with E-state index in [9.17, 15) is 18.0 Å². The van der Waals surface area contributed by atoms with Gasteiger partial charge in [-0.05, 0) is 56.6 Å². The van der Waals surface area contributed by atoms with Crippen molar-refractivity contribution in [2.45, 2.75) is 6.18 Å². The van der Waals surface area contributed by atoms with Crippen LogP contribution in [0.5, 0.6) is 0 Å². The van der Waals surface area contributed by atoms with Crippen molar-refractivity contribution in [3.05, 3.63) is 64.7 Å². The Balaban J connectivity index is 1.99. The Bertz CT molecular complexity index is 1030. The summed E-state index contributed by atoms with van der Waals surface area (Å²) in [4.78, 5) is 21.3. The summed E-state index contributed by atoms with van der Waals surface area (Å²) in [5, 5.41) is 0.414. The number of anilines is 1. The van der Waals surface area contributed by atoms with Gasteiger partial charge in [-0.25, -0.2) is 4.98 Å². The molecule has 0 bridgehead atoms. The van der Waals surface area contributed by atoms with E-state index in [-0.39, 0.29) is 5.56 Å². The first-order valence-electron chi connectivity index (χ1n) is 8.72. The molecule has 2 aromatic carbocycles. The molecule has 0 aliphatic rings. The Morgan fingerprint density at radius 2 is 1.68 bits per heavy atom. The fourth-order valence-corrected chi connectivity index (χ4v) is 2.82. The van der Waals surface area contributed by atoms with Crippen LogP contribution in [0, 0.1) is 0 Å². The summed E-state index contributed by atoms with van der Waals surface area (Å²) in [6, 6.07) is 9.88. The molecule has 0 aliphatic heterocycles. The average Bonchev–Trinajstić information content (AvgIpc) is 2.65. The Kier molecular flexibility index (Phi) is 5.42. The summed E-state index contributed by atoms with van der Waals surface area (Å²) < 4.78 is 39.5. The maximum absolute atomic E-state index is 12.9. The molecule has 5 nitrogen and oxygen atoms in total. The van der Waals surface area contributed by atoms with Crippen molar-refractivity contribution in [3.63, 3.8) is 0 Å². The molecular weight excluding hydrogens is 369 g/mol. The Morgan fingerprint density at radius 1 is 1.00 bits per heavy atom. The number of likely N-dealkylation sites (N-methyl/N-ethyl adjacent to an activating group) is 2. The van der Waals surface area contributed by atoms with E-state index in [1.54, 1.807) is 12.1 Å². The zero-order chi connectivity index (χ0) is 20.5. The molecule has 0 N–H and O–H groups in total. The summed E-state index contributed by atoms with van der Waals surface area (Å²) in [7, 11) is 5.91. The largest absolute Gasteiger partial charge is 0.416 e. The molecule has 148 valence electrons.